The molecule has 0 bridgehead atoms. The van der Waals surface area contributed by atoms with Crippen LogP contribution in [0, 0.1) is 5.92 Å². The van der Waals surface area contributed by atoms with Gasteiger partial charge in [-0.05, 0) is 38.1 Å². The van der Waals surface area contributed by atoms with Crippen molar-refractivity contribution in [1.82, 2.24) is 10.2 Å². The first kappa shape index (κ1) is 17.2. The van der Waals surface area contributed by atoms with E-state index in [0.717, 1.165) is 26.1 Å². The summed E-state index contributed by atoms with van der Waals surface area (Å²) in [4.78, 5) is 2.62. The lowest BCUT2D eigenvalue weighted by atomic mass is 9.89. The van der Waals surface area contributed by atoms with E-state index in [0.29, 0.717) is 23.3 Å². The number of sulfone groups is 1. The number of nitrogens with zero attached hydrogens (tertiary/aromatic N) is 1. The van der Waals surface area contributed by atoms with E-state index < -0.39 is 9.84 Å². The third kappa shape index (κ3) is 4.93. The Kier molecular flexibility index (Phi) is 5.71. The molecule has 1 heterocycles. The molecular weight excluding hydrogens is 284 g/mol. The van der Waals surface area contributed by atoms with Gasteiger partial charge in [0.15, 0.2) is 0 Å². The van der Waals surface area contributed by atoms with E-state index in [1.807, 2.05) is 0 Å². The van der Waals surface area contributed by atoms with Crippen molar-refractivity contribution in [3.63, 3.8) is 0 Å². The summed E-state index contributed by atoms with van der Waals surface area (Å²) in [6, 6.07) is 0.564. The van der Waals surface area contributed by atoms with Crippen LogP contribution in [0.1, 0.15) is 52.4 Å². The number of hydrogen-bond donors (Lipinski definition) is 1. The van der Waals surface area contributed by atoms with Crippen LogP contribution in [0.15, 0.2) is 0 Å². The summed E-state index contributed by atoms with van der Waals surface area (Å²) in [5, 5.41) is 3.76. The number of rotatable bonds is 6. The van der Waals surface area contributed by atoms with Gasteiger partial charge in [0.25, 0.3) is 0 Å². The van der Waals surface area contributed by atoms with Gasteiger partial charge in [-0.1, -0.05) is 26.7 Å². The molecule has 0 aromatic heterocycles. The normalized spacial score (nSPS) is 26.8. The highest BCUT2D eigenvalue weighted by Gasteiger charge is 2.43. The molecule has 1 aliphatic heterocycles. The Morgan fingerprint density at radius 1 is 1.29 bits per heavy atom. The van der Waals surface area contributed by atoms with Gasteiger partial charge in [-0.15, -0.1) is 0 Å². The zero-order valence-corrected chi connectivity index (χ0v) is 14.7. The second-order valence-corrected chi connectivity index (χ2v) is 9.83. The lowest BCUT2D eigenvalue weighted by Crippen LogP contribution is -2.63. The van der Waals surface area contributed by atoms with Gasteiger partial charge >= 0.3 is 0 Å². The predicted molar refractivity (Wildman–Crippen MR) is 88.3 cm³/mol. The number of hydrogen-bond acceptors (Lipinski definition) is 4. The fourth-order valence-electron chi connectivity index (χ4n) is 4.07. The molecular formula is C16H32N2O2S. The Morgan fingerprint density at radius 3 is 2.52 bits per heavy atom. The lowest BCUT2D eigenvalue weighted by molar-refractivity contribution is 0.0389. The van der Waals surface area contributed by atoms with Gasteiger partial charge in [0.05, 0.1) is 5.75 Å². The molecule has 1 aliphatic carbocycles. The maximum Gasteiger partial charge on any atom is 0.147 e. The van der Waals surface area contributed by atoms with Crippen LogP contribution in [-0.2, 0) is 9.84 Å². The van der Waals surface area contributed by atoms with E-state index in [9.17, 15) is 8.42 Å². The van der Waals surface area contributed by atoms with Crippen LogP contribution < -0.4 is 5.32 Å². The van der Waals surface area contributed by atoms with Gasteiger partial charge in [0.2, 0.25) is 0 Å². The predicted octanol–water partition coefficient (Wildman–Crippen LogP) is 2.05. The van der Waals surface area contributed by atoms with Crippen molar-refractivity contribution < 1.29 is 8.42 Å². The first-order valence-electron chi connectivity index (χ1n) is 8.47. The minimum atomic E-state index is -2.83. The molecule has 1 saturated heterocycles. The summed E-state index contributed by atoms with van der Waals surface area (Å²) >= 11 is 0. The van der Waals surface area contributed by atoms with Crippen molar-refractivity contribution in [2.75, 3.05) is 31.6 Å². The first-order valence-corrected chi connectivity index (χ1v) is 10.5. The summed E-state index contributed by atoms with van der Waals surface area (Å²) in [6.07, 6.45) is 8.50. The average Bonchev–Trinajstić information content (AvgIpc) is 2.81. The molecule has 1 N–H and O–H groups in total. The molecule has 1 unspecified atom stereocenters. The molecule has 4 nitrogen and oxygen atoms in total. The minimum Gasteiger partial charge on any atom is -0.311 e. The van der Waals surface area contributed by atoms with Gasteiger partial charge in [-0.3, -0.25) is 4.90 Å². The minimum absolute atomic E-state index is 0.310. The molecule has 5 heteroatoms. The van der Waals surface area contributed by atoms with Crippen LogP contribution in [0.3, 0.4) is 0 Å². The summed E-state index contributed by atoms with van der Waals surface area (Å²) in [5.74, 6) is 1.03. The van der Waals surface area contributed by atoms with Crippen LogP contribution in [0.5, 0.6) is 0 Å². The van der Waals surface area contributed by atoms with Gasteiger partial charge < -0.3 is 5.32 Å². The molecule has 2 fully saturated rings. The molecule has 0 aromatic rings. The monoisotopic (exact) mass is 316 g/mol. The van der Waals surface area contributed by atoms with Crippen LogP contribution >= 0.6 is 0 Å². The second-order valence-electron chi connectivity index (χ2n) is 7.57. The van der Waals surface area contributed by atoms with Crippen molar-refractivity contribution in [2.45, 2.75) is 64.0 Å². The second kappa shape index (κ2) is 6.97. The average molecular weight is 317 g/mol. The van der Waals surface area contributed by atoms with Crippen molar-refractivity contribution in [2.24, 2.45) is 5.92 Å². The smallest absolute Gasteiger partial charge is 0.147 e. The standard InChI is InChI=1S/C16H32N2O2S/c1-14(2)11-15-12-18(9-6-10-21(3,19)20)16(13-17-15)7-4-5-8-16/h14-15,17H,4-13H2,1-3H3. The van der Waals surface area contributed by atoms with Gasteiger partial charge in [-0.2, -0.15) is 0 Å². The quantitative estimate of drug-likeness (QED) is 0.815. The molecule has 2 aliphatic rings. The molecule has 0 radical (unpaired) electrons. The van der Waals surface area contributed by atoms with Crippen LogP contribution in [-0.4, -0.2) is 56.5 Å². The maximum atomic E-state index is 11.4. The molecule has 124 valence electrons. The molecule has 1 atom stereocenters. The number of nitrogens with one attached hydrogen (secondary N) is 1. The van der Waals surface area contributed by atoms with E-state index in [1.54, 1.807) is 0 Å². The highest BCUT2D eigenvalue weighted by Crippen LogP contribution is 2.37. The zero-order chi connectivity index (χ0) is 15.5. The molecule has 21 heavy (non-hydrogen) atoms. The summed E-state index contributed by atoms with van der Waals surface area (Å²) in [6.45, 7) is 7.65. The Labute approximate surface area is 130 Å². The molecule has 0 aromatic carbocycles. The zero-order valence-electron chi connectivity index (χ0n) is 13.9. The maximum absolute atomic E-state index is 11.4. The number of piperazine rings is 1. The SMILES string of the molecule is CC(C)CC1CN(CCCS(C)(=O)=O)C2(CCCC2)CN1. The van der Waals surface area contributed by atoms with E-state index >= 15 is 0 Å². The van der Waals surface area contributed by atoms with Crippen LogP contribution in [0.4, 0.5) is 0 Å². The van der Waals surface area contributed by atoms with E-state index in [1.165, 1.54) is 38.4 Å². The van der Waals surface area contributed by atoms with Gasteiger partial charge in [0.1, 0.15) is 9.84 Å². The first-order chi connectivity index (χ1) is 9.81. The third-order valence-corrected chi connectivity index (χ3v) is 6.09. The molecule has 2 rings (SSSR count). The summed E-state index contributed by atoms with van der Waals surface area (Å²) in [5.41, 5.74) is 0.310. The van der Waals surface area contributed by atoms with Crippen molar-refractivity contribution >= 4 is 9.84 Å². The Balaban J connectivity index is 1.96. The van der Waals surface area contributed by atoms with Crippen molar-refractivity contribution in [3.05, 3.63) is 0 Å². The van der Waals surface area contributed by atoms with E-state index in [-0.39, 0.29) is 0 Å². The fraction of sp³-hybridized carbons (Fsp3) is 1.00. The molecule has 1 spiro atoms. The van der Waals surface area contributed by atoms with E-state index in [4.69, 9.17) is 0 Å². The topological polar surface area (TPSA) is 49.4 Å². The van der Waals surface area contributed by atoms with Crippen molar-refractivity contribution in [3.8, 4) is 0 Å². The largest absolute Gasteiger partial charge is 0.311 e. The van der Waals surface area contributed by atoms with Crippen LogP contribution in [0.25, 0.3) is 0 Å². The van der Waals surface area contributed by atoms with Gasteiger partial charge in [0, 0.05) is 30.9 Å². The fourth-order valence-corrected chi connectivity index (χ4v) is 4.72. The third-order valence-electron chi connectivity index (χ3n) is 5.06. The summed E-state index contributed by atoms with van der Waals surface area (Å²) < 4.78 is 22.7. The molecule has 0 amide bonds. The van der Waals surface area contributed by atoms with Gasteiger partial charge in [-0.25, -0.2) is 8.42 Å². The Morgan fingerprint density at radius 2 is 1.95 bits per heavy atom. The highest BCUT2D eigenvalue weighted by atomic mass is 32.2. The Hall–Kier alpha value is -0.130. The summed E-state index contributed by atoms with van der Waals surface area (Å²) in [7, 11) is -2.83. The lowest BCUT2D eigenvalue weighted by Gasteiger charge is -2.49. The molecule has 1 saturated carbocycles. The Bertz CT molecular complexity index is 428. The van der Waals surface area contributed by atoms with E-state index in [2.05, 4.69) is 24.1 Å². The van der Waals surface area contributed by atoms with Crippen molar-refractivity contribution in [1.29, 1.82) is 0 Å². The van der Waals surface area contributed by atoms with Crippen LogP contribution in [0.2, 0.25) is 0 Å². The highest BCUT2D eigenvalue weighted by molar-refractivity contribution is 7.90.